The fourth-order valence-corrected chi connectivity index (χ4v) is 5.41. The van der Waals surface area contributed by atoms with E-state index < -0.39 is 16.1 Å². The van der Waals surface area contributed by atoms with Crippen LogP contribution in [0.15, 0.2) is 48.5 Å². The standard InChI is InChI=1S/C25H30N2O5S/c1-17(21-6-3-7-23(14-21)32-15-18-8-9-18)27-33(30,31)16-20-5-2-4-19(12-20)13-22-10-11-24(28)26-25(22)29/h2-7,12,14,17-18,22,27H,8-11,13,15-16H2,1H3,(H,26,28,29). The van der Waals surface area contributed by atoms with Gasteiger partial charge in [-0.1, -0.05) is 36.4 Å². The third-order valence-corrected chi connectivity index (χ3v) is 7.51. The van der Waals surface area contributed by atoms with Gasteiger partial charge < -0.3 is 4.74 Å². The number of rotatable bonds is 10. The molecule has 0 bridgehead atoms. The average Bonchev–Trinajstić information content (AvgIpc) is 3.59. The second-order valence-corrected chi connectivity index (χ2v) is 10.9. The monoisotopic (exact) mass is 470 g/mol. The van der Waals surface area contributed by atoms with E-state index in [1.165, 1.54) is 12.8 Å². The first-order chi connectivity index (χ1) is 15.8. The lowest BCUT2D eigenvalue weighted by atomic mass is 9.91. The lowest BCUT2D eigenvalue weighted by Gasteiger charge is -2.21. The Kier molecular flexibility index (Phi) is 7.14. The van der Waals surface area contributed by atoms with Crippen molar-refractivity contribution in [3.8, 4) is 5.75 Å². The number of hydrogen-bond donors (Lipinski definition) is 2. The summed E-state index contributed by atoms with van der Waals surface area (Å²) in [6.45, 7) is 2.52. The fourth-order valence-electron chi connectivity index (χ4n) is 4.03. The molecule has 7 nitrogen and oxygen atoms in total. The van der Waals surface area contributed by atoms with E-state index in [1.54, 1.807) is 12.1 Å². The van der Waals surface area contributed by atoms with E-state index in [1.807, 2.05) is 43.3 Å². The maximum atomic E-state index is 12.8. The van der Waals surface area contributed by atoms with Crippen molar-refractivity contribution in [3.05, 3.63) is 65.2 Å². The van der Waals surface area contributed by atoms with Crippen LogP contribution in [0.1, 0.15) is 55.3 Å². The van der Waals surface area contributed by atoms with Crippen molar-refractivity contribution >= 4 is 21.8 Å². The fraction of sp³-hybridized carbons (Fsp3) is 0.440. The smallest absolute Gasteiger partial charge is 0.230 e. The Bertz CT molecular complexity index is 1130. The molecule has 0 spiro atoms. The van der Waals surface area contributed by atoms with Crippen LogP contribution >= 0.6 is 0 Å². The molecule has 1 saturated carbocycles. The van der Waals surface area contributed by atoms with Crippen LogP contribution in [0, 0.1) is 11.8 Å². The van der Waals surface area contributed by atoms with Gasteiger partial charge in [-0.15, -0.1) is 0 Å². The number of carbonyl (C=O) groups is 2. The van der Waals surface area contributed by atoms with Crippen molar-refractivity contribution in [2.24, 2.45) is 11.8 Å². The van der Waals surface area contributed by atoms with Gasteiger partial charge in [-0.2, -0.15) is 0 Å². The Morgan fingerprint density at radius 2 is 1.82 bits per heavy atom. The van der Waals surface area contributed by atoms with Gasteiger partial charge in [0.1, 0.15) is 5.75 Å². The summed E-state index contributed by atoms with van der Waals surface area (Å²) in [5, 5.41) is 2.37. The first-order valence-electron chi connectivity index (χ1n) is 11.4. The zero-order chi connectivity index (χ0) is 23.4. The first kappa shape index (κ1) is 23.4. The van der Waals surface area contributed by atoms with E-state index in [4.69, 9.17) is 4.74 Å². The van der Waals surface area contributed by atoms with Crippen molar-refractivity contribution in [3.63, 3.8) is 0 Å². The number of amides is 2. The molecule has 0 aromatic heterocycles. The van der Waals surface area contributed by atoms with Gasteiger partial charge in [0.05, 0.1) is 12.4 Å². The molecule has 1 heterocycles. The molecule has 2 aromatic rings. The molecule has 8 heteroatoms. The van der Waals surface area contributed by atoms with Crippen molar-refractivity contribution in [2.45, 2.75) is 50.8 Å². The van der Waals surface area contributed by atoms with Crippen LogP contribution in [0.3, 0.4) is 0 Å². The summed E-state index contributed by atoms with van der Waals surface area (Å²) in [4.78, 5) is 23.4. The van der Waals surface area contributed by atoms with Crippen molar-refractivity contribution in [1.29, 1.82) is 0 Å². The second kappa shape index (κ2) is 10.1. The highest BCUT2D eigenvalue weighted by atomic mass is 32.2. The van der Waals surface area contributed by atoms with Crippen LogP contribution in [0.2, 0.25) is 0 Å². The van der Waals surface area contributed by atoms with Gasteiger partial charge >= 0.3 is 0 Å². The van der Waals surface area contributed by atoms with Crippen LogP contribution in [-0.2, 0) is 31.8 Å². The van der Waals surface area contributed by atoms with Crippen LogP contribution < -0.4 is 14.8 Å². The summed E-state index contributed by atoms with van der Waals surface area (Å²) >= 11 is 0. The van der Waals surface area contributed by atoms with Gasteiger partial charge in [0, 0.05) is 18.4 Å². The summed E-state index contributed by atoms with van der Waals surface area (Å²) in [6.07, 6.45) is 3.74. The molecular weight excluding hydrogens is 440 g/mol. The van der Waals surface area contributed by atoms with Gasteiger partial charge in [0.25, 0.3) is 0 Å². The van der Waals surface area contributed by atoms with Crippen LogP contribution in [-0.4, -0.2) is 26.8 Å². The summed E-state index contributed by atoms with van der Waals surface area (Å²) in [5.41, 5.74) is 2.38. The highest BCUT2D eigenvalue weighted by Crippen LogP contribution is 2.30. The molecule has 2 unspecified atom stereocenters. The lowest BCUT2D eigenvalue weighted by molar-refractivity contribution is -0.136. The van der Waals surface area contributed by atoms with Crippen molar-refractivity contribution < 1.29 is 22.7 Å². The molecule has 1 aliphatic heterocycles. The number of carbonyl (C=O) groups excluding carboxylic acids is 2. The molecule has 2 atom stereocenters. The molecule has 2 aliphatic rings. The van der Waals surface area contributed by atoms with E-state index in [2.05, 4.69) is 10.0 Å². The minimum absolute atomic E-state index is 0.154. The number of hydrogen-bond acceptors (Lipinski definition) is 5. The Balaban J connectivity index is 1.36. The highest BCUT2D eigenvalue weighted by Gasteiger charge is 2.27. The van der Waals surface area contributed by atoms with E-state index in [-0.39, 0.29) is 23.5 Å². The van der Waals surface area contributed by atoms with Crippen LogP contribution in [0.4, 0.5) is 0 Å². The number of piperidine rings is 1. The molecule has 176 valence electrons. The summed E-state index contributed by atoms with van der Waals surface area (Å²) in [7, 11) is -3.59. The third kappa shape index (κ3) is 6.88. The average molecular weight is 471 g/mol. The number of nitrogens with one attached hydrogen (secondary N) is 2. The Morgan fingerprint density at radius 1 is 1.06 bits per heavy atom. The predicted octanol–water partition coefficient (Wildman–Crippen LogP) is 3.25. The lowest BCUT2D eigenvalue weighted by Crippen LogP contribution is -2.41. The molecule has 0 radical (unpaired) electrons. The third-order valence-electron chi connectivity index (χ3n) is 6.08. The normalized spacial score (nSPS) is 19.7. The molecule has 2 aromatic carbocycles. The quantitative estimate of drug-likeness (QED) is 0.519. The maximum Gasteiger partial charge on any atom is 0.230 e. The van der Waals surface area contributed by atoms with Crippen LogP contribution in [0.5, 0.6) is 5.75 Å². The number of sulfonamides is 1. The predicted molar refractivity (Wildman–Crippen MR) is 125 cm³/mol. The molecule has 1 aliphatic carbocycles. The minimum atomic E-state index is -3.59. The van der Waals surface area contributed by atoms with Crippen LogP contribution in [0.25, 0.3) is 0 Å². The SMILES string of the molecule is CC(NS(=O)(=O)Cc1cccc(CC2CCC(=O)NC2=O)c1)c1cccc(OCC2CC2)c1. The Hall–Kier alpha value is -2.71. The maximum absolute atomic E-state index is 12.8. The number of imide groups is 1. The van der Waals surface area contributed by atoms with E-state index in [0.717, 1.165) is 16.9 Å². The molecule has 2 amide bonds. The molecule has 4 rings (SSSR count). The molecule has 2 fully saturated rings. The zero-order valence-corrected chi connectivity index (χ0v) is 19.6. The summed E-state index contributed by atoms with van der Waals surface area (Å²) in [5.74, 6) is 0.474. The summed E-state index contributed by atoms with van der Waals surface area (Å²) < 4.78 is 34.2. The molecular formula is C25H30N2O5S. The largest absolute Gasteiger partial charge is 0.493 e. The minimum Gasteiger partial charge on any atom is -0.493 e. The molecule has 2 N–H and O–H groups in total. The van der Waals surface area contributed by atoms with Crippen molar-refractivity contribution in [1.82, 2.24) is 10.0 Å². The summed E-state index contributed by atoms with van der Waals surface area (Å²) in [6, 6.07) is 14.4. The molecule has 1 saturated heterocycles. The van der Waals surface area contributed by atoms with Crippen molar-refractivity contribution in [2.75, 3.05) is 6.61 Å². The van der Waals surface area contributed by atoms with E-state index in [0.29, 0.717) is 37.4 Å². The van der Waals surface area contributed by atoms with Gasteiger partial charge in [0.2, 0.25) is 21.8 Å². The van der Waals surface area contributed by atoms with Gasteiger partial charge in [-0.05, 0) is 67.3 Å². The number of benzene rings is 2. The van der Waals surface area contributed by atoms with E-state index >= 15 is 0 Å². The van der Waals surface area contributed by atoms with Gasteiger partial charge in [-0.25, -0.2) is 13.1 Å². The second-order valence-electron chi connectivity index (χ2n) is 9.10. The zero-order valence-electron chi connectivity index (χ0n) is 18.8. The van der Waals surface area contributed by atoms with Gasteiger partial charge in [0.15, 0.2) is 0 Å². The Labute approximate surface area is 195 Å². The topological polar surface area (TPSA) is 102 Å². The highest BCUT2D eigenvalue weighted by molar-refractivity contribution is 7.88. The van der Waals surface area contributed by atoms with Gasteiger partial charge in [-0.3, -0.25) is 14.9 Å². The molecule has 33 heavy (non-hydrogen) atoms. The first-order valence-corrected chi connectivity index (χ1v) is 13.1. The number of ether oxygens (including phenoxy) is 1. The van der Waals surface area contributed by atoms with E-state index in [9.17, 15) is 18.0 Å². The Morgan fingerprint density at radius 3 is 2.58 bits per heavy atom.